The van der Waals surface area contributed by atoms with E-state index >= 15 is 0 Å². The van der Waals surface area contributed by atoms with E-state index in [0.29, 0.717) is 5.92 Å². The maximum Gasteiger partial charge on any atom is 0.233 e. The van der Waals surface area contributed by atoms with Crippen molar-refractivity contribution in [3.63, 3.8) is 0 Å². The van der Waals surface area contributed by atoms with Crippen molar-refractivity contribution in [2.75, 3.05) is 19.3 Å². The first kappa shape index (κ1) is 13.4. The van der Waals surface area contributed by atoms with Crippen LogP contribution in [0, 0.1) is 11.8 Å². The molecule has 16 heavy (non-hydrogen) atoms. The lowest BCUT2D eigenvalue weighted by atomic mass is 9.85. The highest BCUT2D eigenvalue weighted by Gasteiger charge is 2.22. The molecule has 1 aliphatic heterocycles. The van der Waals surface area contributed by atoms with Gasteiger partial charge in [-0.05, 0) is 37.8 Å². The second-order valence-corrected chi connectivity index (χ2v) is 6.33. The van der Waals surface area contributed by atoms with E-state index in [2.05, 4.69) is 5.32 Å². The molecule has 5 nitrogen and oxygen atoms in total. The number of carbonyl (C=O) groups excluding carboxylic acids is 1. The molecule has 0 aromatic carbocycles. The Kier molecular flexibility index (Phi) is 4.73. The molecule has 94 valence electrons. The molecular weight excluding hydrogens is 228 g/mol. The zero-order valence-corrected chi connectivity index (χ0v) is 10.6. The van der Waals surface area contributed by atoms with E-state index in [0.717, 1.165) is 32.2 Å². The molecule has 1 fully saturated rings. The minimum absolute atomic E-state index is 0.217. The molecule has 0 bridgehead atoms. The number of sulfonamides is 1. The quantitative estimate of drug-likeness (QED) is 0.739. The molecule has 1 saturated heterocycles. The largest absolute Gasteiger partial charge is 0.316 e. The number of piperidine rings is 1. The summed E-state index contributed by atoms with van der Waals surface area (Å²) in [5, 5.41) is 3.29. The normalized spacial score (nSPS) is 23.8. The highest BCUT2D eigenvalue weighted by molar-refractivity contribution is 7.89. The number of nitrogens with one attached hydrogen (secondary N) is 2. The van der Waals surface area contributed by atoms with Gasteiger partial charge in [0.25, 0.3) is 0 Å². The summed E-state index contributed by atoms with van der Waals surface area (Å²) in [7, 11) is -3.41. The van der Waals surface area contributed by atoms with E-state index in [1.165, 1.54) is 0 Å². The minimum Gasteiger partial charge on any atom is -0.316 e. The molecule has 6 heteroatoms. The van der Waals surface area contributed by atoms with Gasteiger partial charge in [-0.15, -0.1) is 0 Å². The van der Waals surface area contributed by atoms with Gasteiger partial charge in [0.2, 0.25) is 15.9 Å². The van der Waals surface area contributed by atoms with Crippen molar-refractivity contribution in [3.8, 4) is 0 Å². The van der Waals surface area contributed by atoms with Crippen LogP contribution in [0.2, 0.25) is 0 Å². The van der Waals surface area contributed by atoms with Gasteiger partial charge in [-0.3, -0.25) is 9.52 Å². The molecule has 1 amide bonds. The van der Waals surface area contributed by atoms with Crippen molar-refractivity contribution >= 4 is 15.9 Å². The zero-order valence-electron chi connectivity index (χ0n) is 9.82. The monoisotopic (exact) mass is 248 g/mol. The van der Waals surface area contributed by atoms with E-state index in [1.54, 1.807) is 0 Å². The molecule has 0 radical (unpaired) electrons. The number of rotatable bonds is 4. The summed E-state index contributed by atoms with van der Waals surface area (Å²) in [6.07, 6.45) is 3.51. The molecule has 1 rings (SSSR count). The Hall–Kier alpha value is -0.620. The Balaban J connectivity index is 2.38. The van der Waals surface area contributed by atoms with Crippen molar-refractivity contribution in [3.05, 3.63) is 0 Å². The van der Waals surface area contributed by atoms with Crippen LogP contribution in [0.5, 0.6) is 0 Å². The molecule has 0 aromatic rings. The Morgan fingerprint density at radius 3 is 2.75 bits per heavy atom. The van der Waals surface area contributed by atoms with Gasteiger partial charge in [0.1, 0.15) is 0 Å². The standard InChI is InChI=1S/C10H20N2O3S/c1-8(9-4-3-5-11-7-9)6-10(13)12-16(2,14)15/h8-9,11H,3-7H2,1-2H3,(H,12,13). The molecule has 2 N–H and O–H groups in total. The summed E-state index contributed by atoms with van der Waals surface area (Å²) in [5.41, 5.74) is 0. The van der Waals surface area contributed by atoms with Gasteiger partial charge in [0.15, 0.2) is 0 Å². The van der Waals surface area contributed by atoms with Gasteiger partial charge in [0, 0.05) is 6.42 Å². The third-order valence-electron chi connectivity index (χ3n) is 2.95. The molecular formula is C10H20N2O3S. The third kappa shape index (κ3) is 4.94. The Labute approximate surface area is 97.0 Å². The van der Waals surface area contributed by atoms with E-state index in [9.17, 15) is 13.2 Å². The minimum atomic E-state index is -3.41. The summed E-state index contributed by atoms with van der Waals surface area (Å²) in [6, 6.07) is 0. The topological polar surface area (TPSA) is 75.3 Å². The maximum absolute atomic E-state index is 11.4. The summed E-state index contributed by atoms with van der Waals surface area (Å²) in [6.45, 7) is 3.96. The Morgan fingerprint density at radius 2 is 2.25 bits per heavy atom. The lowest BCUT2D eigenvalue weighted by Gasteiger charge is -2.27. The second-order valence-electron chi connectivity index (χ2n) is 4.59. The van der Waals surface area contributed by atoms with Crippen LogP contribution in [-0.4, -0.2) is 33.7 Å². The van der Waals surface area contributed by atoms with Gasteiger partial charge in [-0.1, -0.05) is 6.92 Å². The first-order chi connectivity index (χ1) is 7.38. The first-order valence-electron chi connectivity index (χ1n) is 5.60. The maximum atomic E-state index is 11.4. The molecule has 0 saturated carbocycles. The van der Waals surface area contributed by atoms with Crippen molar-refractivity contribution < 1.29 is 13.2 Å². The SMILES string of the molecule is CC(CC(=O)NS(C)(=O)=O)C1CCCNC1. The van der Waals surface area contributed by atoms with E-state index in [4.69, 9.17) is 0 Å². The predicted molar refractivity (Wildman–Crippen MR) is 62.4 cm³/mol. The zero-order chi connectivity index (χ0) is 12.2. The summed E-state index contributed by atoms with van der Waals surface area (Å²) < 4.78 is 23.7. The summed E-state index contributed by atoms with van der Waals surface area (Å²) in [4.78, 5) is 11.4. The van der Waals surface area contributed by atoms with Gasteiger partial charge in [-0.25, -0.2) is 8.42 Å². The molecule has 0 spiro atoms. The molecule has 1 heterocycles. The highest BCUT2D eigenvalue weighted by Crippen LogP contribution is 2.22. The van der Waals surface area contributed by atoms with E-state index in [-0.39, 0.29) is 12.3 Å². The molecule has 2 atom stereocenters. The predicted octanol–water partition coefficient (Wildman–Crippen LogP) is 0.0880. The number of amides is 1. The third-order valence-corrected chi connectivity index (χ3v) is 3.54. The van der Waals surface area contributed by atoms with Crippen LogP contribution >= 0.6 is 0 Å². The lowest BCUT2D eigenvalue weighted by molar-refractivity contribution is -0.120. The van der Waals surface area contributed by atoms with Crippen LogP contribution < -0.4 is 10.0 Å². The van der Waals surface area contributed by atoms with Crippen molar-refractivity contribution in [2.45, 2.75) is 26.2 Å². The van der Waals surface area contributed by atoms with Gasteiger partial charge >= 0.3 is 0 Å². The Morgan fingerprint density at radius 1 is 1.56 bits per heavy atom. The fourth-order valence-corrected chi connectivity index (χ4v) is 2.57. The molecule has 0 aromatic heterocycles. The number of hydrogen-bond donors (Lipinski definition) is 2. The Bertz CT molecular complexity index is 334. The molecule has 1 aliphatic rings. The van der Waals surface area contributed by atoms with Crippen LogP contribution in [0.1, 0.15) is 26.2 Å². The average Bonchev–Trinajstić information content (AvgIpc) is 2.16. The lowest BCUT2D eigenvalue weighted by Crippen LogP contribution is -2.36. The average molecular weight is 248 g/mol. The van der Waals surface area contributed by atoms with Crippen LogP contribution in [0.15, 0.2) is 0 Å². The first-order valence-corrected chi connectivity index (χ1v) is 7.49. The van der Waals surface area contributed by atoms with Crippen LogP contribution in [0.4, 0.5) is 0 Å². The van der Waals surface area contributed by atoms with E-state index < -0.39 is 15.9 Å². The van der Waals surface area contributed by atoms with E-state index in [1.807, 2.05) is 11.6 Å². The number of hydrogen-bond acceptors (Lipinski definition) is 4. The van der Waals surface area contributed by atoms with Crippen LogP contribution in [0.3, 0.4) is 0 Å². The van der Waals surface area contributed by atoms with Crippen molar-refractivity contribution in [1.82, 2.24) is 10.0 Å². The molecule has 2 unspecified atom stereocenters. The number of carbonyl (C=O) groups is 1. The van der Waals surface area contributed by atoms with Gasteiger partial charge in [-0.2, -0.15) is 0 Å². The molecule has 0 aliphatic carbocycles. The summed E-state index contributed by atoms with van der Waals surface area (Å²) >= 11 is 0. The fourth-order valence-electron chi connectivity index (χ4n) is 2.07. The second kappa shape index (κ2) is 5.63. The highest BCUT2D eigenvalue weighted by atomic mass is 32.2. The fraction of sp³-hybridized carbons (Fsp3) is 0.900. The van der Waals surface area contributed by atoms with Crippen molar-refractivity contribution in [1.29, 1.82) is 0 Å². The van der Waals surface area contributed by atoms with Crippen molar-refractivity contribution in [2.24, 2.45) is 11.8 Å². The van der Waals surface area contributed by atoms with Gasteiger partial charge < -0.3 is 5.32 Å². The summed E-state index contributed by atoms with van der Waals surface area (Å²) in [5.74, 6) is 0.286. The van der Waals surface area contributed by atoms with Gasteiger partial charge in [0.05, 0.1) is 6.26 Å². The van der Waals surface area contributed by atoms with Crippen LogP contribution in [-0.2, 0) is 14.8 Å². The van der Waals surface area contributed by atoms with Crippen LogP contribution in [0.25, 0.3) is 0 Å². The smallest absolute Gasteiger partial charge is 0.233 e.